The van der Waals surface area contributed by atoms with Gasteiger partial charge in [-0.3, -0.25) is 0 Å². The van der Waals surface area contributed by atoms with Gasteiger partial charge < -0.3 is 22.1 Å². The van der Waals surface area contributed by atoms with Crippen LogP contribution >= 0.6 is 0 Å². The van der Waals surface area contributed by atoms with Crippen molar-refractivity contribution in [3.63, 3.8) is 0 Å². The monoisotopic (exact) mass is 180 g/mol. The summed E-state index contributed by atoms with van der Waals surface area (Å²) in [5, 5.41) is 6.31. The van der Waals surface area contributed by atoms with Crippen LogP contribution in [-0.2, 0) is 0 Å². The van der Waals surface area contributed by atoms with Gasteiger partial charge in [0.05, 0.1) is 0 Å². The highest BCUT2D eigenvalue weighted by Gasteiger charge is 2.18. The summed E-state index contributed by atoms with van der Waals surface area (Å²) in [7, 11) is 0. The van der Waals surface area contributed by atoms with Crippen LogP contribution in [0.3, 0.4) is 0 Å². The zero-order valence-electron chi connectivity index (χ0n) is 7.33. The van der Waals surface area contributed by atoms with Crippen molar-refractivity contribution < 1.29 is 0 Å². The summed E-state index contributed by atoms with van der Waals surface area (Å²) in [6.45, 7) is 2.86. The standard InChI is InChI=1S/C7H12N6/c1-3-2-10-6-4(11-3)5(8)12-7(9)13-6/h3,11H,2H2,1H3,(H5,8,9,10,12,13). The second kappa shape index (κ2) is 2.65. The fourth-order valence-electron chi connectivity index (χ4n) is 1.31. The Morgan fingerprint density at radius 3 is 2.92 bits per heavy atom. The van der Waals surface area contributed by atoms with Gasteiger partial charge in [0.1, 0.15) is 5.69 Å². The molecule has 1 unspecified atom stereocenters. The van der Waals surface area contributed by atoms with Crippen molar-refractivity contribution in [3.8, 4) is 0 Å². The molecule has 6 heteroatoms. The third-order valence-corrected chi connectivity index (χ3v) is 1.92. The molecular formula is C7H12N6. The molecule has 0 saturated carbocycles. The molecule has 0 amide bonds. The van der Waals surface area contributed by atoms with E-state index in [-0.39, 0.29) is 5.95 Å². The van der Waals surface area contributed by atoms with Crippen molar-refractivity contribution in [2.75, 3.05) is 28.6 Å². The molecule has 1 atom stereocenters. The topological polar surface area (TPSA) is 102 Å². The zero-order valence-corrected chi connectivity index (χ0v) is 7.33. The number of nitrogens with two attached hydrogens (primary N) is 2. The molecule has 2 rings (SSSR count). The number of aromatic nitrogens is 2. The van der Waals surface area contributed by atoms with Gasteiger partial charge in [0, 0.05) is 12.6 Å². The first kappa shape index (κ1) is 7.90. The molecule has 1 aliphatic rings. The van der Waals surface area contributed by atoms with Crippen molar-refractivity contribution in [1.82, 2.24) is 9.97 Å². The minimum Gasteiger partial charge on any atom is -0.382 e. The van der Waals surface area contributed by atoms with Gasteiger partial charge in [-0.05, 0) is 6.92 Å². The highest BCUT2D eigenvalue weighted by molar-refractivity contribution is 5.78. The fourth-order valence-corrected chi connectivity index (χ4v) is 1.31. The van der Waals surface area contributed by atoms with E-state index in [0.29, 0.717) is 17.7 Å². The SMILES string of the molecule is CC1CNc2nc(N)nc(N)c2N1. The van der Waals surface area contributed by atoms with Crippen LogP contribution in [0.1, 0.15) is 6.92 Å². The molecule has 2 heterocycles. The molecule has 1 aromatic rings. The number of hydrogen-bond acceptors (Lipinski definition) is 6. The second-order valence-corrected chi connectivity index (χ2v) is 3.12. The molecular weight excluding hydrogens is 168 g/mol. The Hall–Kier alpha value is -1.72. The minimum absolute atomic E-state index is 0.195. The van der Waals surface area contributed by atoms with E-state index in [0.717, 1.165) is 12.2 Å². The Labute approximate surface area is 75.7 Å². The molecule has 6 nitrogen and oxygen atoms in total. The molecule has 0 aromatic carbocycles. The molecule has 0 spiro atoms. The quantitative estimate of drug-likeness (QED) is 0.443. The van der Waals surface area contributed by atoms with Crippen LogP contribution in [-0.4, -0.2) is 22.6 Å². The van der Waals surface area contributed by atoms with Gasteiger partial charge in [0.15, 0.2) is 11.6 Å². The van der Waals surface area contributed by atoms with E-state index in [9.17, 15) is 0 Å². The summed E-state index contributed by atoms with van der Waals surface area (Å²) in [4.78, 5) is 7.89. The lowest BCUT2D eigenvalue weighted by Gasteiger charge is -2.25. The molecule has 0 saturated heterocycles. The van der Waals surface area contributed by atoms with Crippen molar-refractivity contribution in [1.29, 1.82) is 0 Å². The minimum atomic E-state index is 0.195. The molecule has 1 aliphatic heterocycles. The largest absolute Gasteiger partial charge is 0.382 e. The summed E-state index contributed by atoms with van der Waals surface area (Å²) in [5.74, 6) is 1.27. The summed E-state index contributed by atoms with van der Waals surface area (Å²) in [6.07, 6.45) is 0. The van der Waals surface area contributed by atoms with Crippen LogP contribution in [0, 0.1) is 0 Å². The normalized spacial score (nSPS) is 19.9. The van der Waals surface area contributed by atoms with E-state index in [1.807, 2.05) is 6.92 Å². The number of nitrogens with one attached hydrogen (secondary N) is 2. The van der Waals surface area contributed by atoms with Gasteiger partial charge in [-0.2, -0.15) is 9.97 Å². The van der Waals surface area contributed by atoms with Crippen LogP contribution in [0.2, 0.25) is 0 Å². The van der Waals surface area contributed by atoms with Crippen LogP contribution in [0.15, 0.2) is 0 Å². The smallest absolute Gasteiger partial charge is 0.224 e. The van der Waals surface area contributed by atoms with Crippen molar-refractivity contribution in [3.05, 3.63) is 0 Å². The zero-order chi connectivity index (χ0) is 9.42. The van der Waals surface area contributed by atoms with Gasteiger partial charge in [0.2, 0.25) is 5.95 Å². The second-order valence-electron chi connectivity index (χ2n) is 3.12. The number of nitrogen functional groups attached to an aromatic ring is 2. The number of rotatable bonds is 0. The molecule has 13 heavy (non-hydrogen) atoms. The maximum atomic E-state index is 5.67. The lowest BCUT2D eigenvalue weighted by molar-refractivity contribution is 0.809. The van der Waals surface area contributed by atoms with Gasteiger partial charge in [-0.25, -0.2) is 0 Å². The first-order valence-electron chi connectivity index (χ1n) is 4.10. The molecule has 0 aliphatic carbocycles. The van der Waals surface area contributed by atoms with Gasteiger partial charge >= 0.3 is 0 Å². The average molecular weight is 180 g/mol. The first-order chi connectivity index (χ1) is 6.16. The highest BCUT2D eigenvalue weighted by Crippen LogP contribution is 2.29. The van der Waals surface area contributed by atoms with E-state index in [1.165, 1.54) is 0 Å². The van der Waals surface area contributed by atoms with E-state index >= 15 is 0 Å². The Balaban J connectivity index is 2.47. The molecule has 0 bridgehead atoms. The van der Waals surface area contributed by atoms with Crippen molar-refractivity contribution in [2.24, 2.45) is 0 Å². The predicted octanol–water partition coefficient (Wildman–Crippen LogP) is -0.133. The fraction of sp³-hybridized carbons (Fsp3) is 0.429. The molecule has 70 valence electrons. The van der Waals surface area contributed by atoms with Crippen molar-refractivity contribution >= 4 is 23.3 Å². The summed E-state index contributed by atoms with van der Waals surface area (Å²) in [5.41, 5.74) is 11.9. The van der Waals surface area contributed by atoms with Crippen LogP contribution < -0.4 is 22.1 Å². The van der Waals surface area contributed by atoms with E-state index in [1.54, 1.807) is 0 Å². The number of nitrogens with zero attached hydrogens (tertiary/aromatic N) is 2. The summed E-state index contributed by atoms with van der Waals surface area (Å²) < 4.78 is 0. The van der Waals surface area contributed by atoms with Crippen LogP contribution in [0.5, 0.6) is 0 Å². The Morgan fingerprint density at radius 2 is 2.15 bits per heavy atom. The lowest BCUT2D eigenvalue weighted by Crippen LogP contribution is -2.31. The molecule has 1 aromatic heterocycles. The third-order valence-electron chi connectivity index (χ3n) is 1.92. The third kappa shape index (κ3) is 1.30. The van der Waals surface area contributed by atoms with Gasteiger partial charge in [-0.1, -0.05) is 0 Å². The van der Waals surface area contributed by atoms with E-state index in [2.05, 4.69) is 20.6 Å². The van der Waals surface area contributed by atoms with E-state index in [4.69, 9.17) is 11.5 Å². The number of fused-ring (bicyclic) bond motifs is 1. The lowest BCUT2D eigenvalue weighted by atomic mass is 10.2. The Morgan fingerprint density at radius 1 is 1.38 bits per heavy atom. The highest BCUT2D eigenvalue weighted by atomic mass is 15.2. The maximum Gasteiger partial charge on any atom is 0.224 e. The average Bonchev–Trinajstić information content (AvgIpc) is 2.06. The Bertz CT molecular complexity index is 336. The number of hydrogen-bond donors (Lipinski definition) is 4. The van der Waals surface area contributed by atoms with Crippen LogP contribution in [0.25, 0.3) is 0 Å². The predicted molar refractivity (Wildman–Crippen MR) is 52.4 cm³/mol. The van der Waals surface area contributed by atoms with Crippen molar-refractivity contribution in [2.45, 2.75) is 13.0 Å². The summed E-state index contributed by atoms with van der Waals surface area (Å²) >= 11 is 0. The molecule has 6 N–H and O–H groups in total. The van der Waals surface area contributed by atoms with Gasteiger partial charge in [-0.15, -0.1) is 0 Å². The van der Waals surface area contributed by atoms with Gasteiger partial charge in [0.25, 0.3) is 0 Å². The first-order valence-corrected chi connectivity index (χ1v) is 4.10. The molecule has 0 fully saturated rings. The Kier molecular flexibility index (Phi) is 1.61. The molecule has 0 radical (unpaired) electrons. The maximum absolute atomic E-state index is 5.67. The van der Waals surface area contributed by atoms with Crippen LogP contribution in [0.4, 0.5) is 23.3 Å². The summed E-state index contributed by atoms with van der Waals surface area (Å²) in [6, 6.07) is 0.321. The van der Waals surface area contributed by atoms with E-state index < -0.39 is 0 Å². The number of anilines is 4.